The van der Waals surface area contributed by atoms with Crippen molar-refractivity contribution in [1.29, 1.82) is 5.26 Å². The van der Waals surface area contributed by atoms with Gasteiger partial charge >= 0.3 is 0 Å². The van der Waals surface area contributed by atoms with Crippen molar-refractivity contribution < 1.29 is 19.0 Å². The topological polar surface area (TPSA) is 71.8 Å². The number of hydrogen-bond acceptors (Lipinski definition) is 5. The average molecular weight is 442 g/mol. The summed E-state index contributed by atoms with van der Waals surface area (Å²) >= 11 is 2.14. The van der Waals surface area contributed by atoms with Crippen LogP contribution >= 0.6 is 22.6 Å². The van der Waals surface area contributed by atoms with Crippen molar-refractivity contribution in [3.8, 4) is 17.6 Å². The Hall–Kier alpha value is -1.79. The van der Waals surface area contributed by atoms with Gasteiger partial charge in [-0.1, -0.05) is 0 Å². The normalized spacial score (nSPS) is 14.9. The van der Waals surface area contributed by atoms with Gasteiger partial charge in [-0.05, 0) is 53.3 Å². The Labute approximate surface area is 155 Å². The number of methoxy groups -OCH3 is 1. The second-order valence-corrected chi connectivity index (χ2v) is 6.20. The van der Waals surface area contributed by atoms with Crippen molar-refractivity contribution in [2.45, 2.75) is 6.92 Å². The Morgan fingerprint density at radius 1 is 1.46 bits per heavy atom. The minimum absolute atomic E-state index is 0.0975. The van der Waals surface area contributed by atoms with Gasteiger partial charge in [0.05, 0.1) is 30.5 Å². The summed E-state index contributed by atoms with van der Waals surface area (Å²) in [6.45, 7) is 4.39. The van der Waals surface area contributed by atoms with E-state index < -0.39 is 0 Å². The zero-order valence-electron chi connectivity index (χ0n) is 13.7. The van der Waals surface area contributed by atoms with Crippen LogP contribution in [0.25, 0.3) is 6.08 Å². The first-order valence-electron chi connectivity index (χ1n) is 7.59. The van der Waals surface area contributed by atoms with Crippen molar-refractivity contribution in [2.75, 3.05) is 40.0 Å². The summed E-state index contributed by atoms with van der Waals surface area (Å²) in [5, 5.41) is 9.38. The molecule has 1 saturated heterocycles. The number of hydrogen-bond donors (Lipinski definition) is 0. The maximum atomic E-state index is 12.5. The van der Waals surface area contributed by atoms with Gasteiger partial charge in [0.15, 0.2) is 11.5 Å². The number of nitrogens with zero attached hydrogens (tertiary/aromatic N) is 2. The molecule has 1 aliphatic rings. The number of carbonyl (C=O) groups is 1. The smallest absolute Gasteiger partial charge is 0.264 e. The van der Waals surface area contributed by atoms with Gasteiger partial charge in [0.25, 0.3) is 5.91 Å². The summed E-state index contributed by atoms with van der Waals surface area (Å²) in [5.41, 5.74) is 0.821. The first-order valence-corrected chi connectivity index (χ1v) is 8.67. The molecule has 1 amide bonds. The molecule has 0 bridgehead atoms. The molecule has 0 atom stereocenters. The van der Waals surface area contributed by atoms with Gasteiger partial charge in [-0.25, -0.2) is 0 Å². The van der Waals surface area contributed by atoms with Gasteiger partial charge in [0, 0.05) is 13.1 Å². The van der Waals surface area contributed by atoms with Crippen LogP contribution in [0.15, 0.2) is 17.7 Å². The Morgan fingerprint density at radius 2 is 2.17 bits per heavy atom. The molecule has 0 spiro atoms. The lowest BCUT2D eigenvalue weighted by atomic mass is 10.1. The number of benzene rings is 1. The number of carbonyl (C=O) groups excluding carboxylic acids is 1. The van der Waals surface area contributed by atoms with E-state index in [2.05, 4.69) is 22.6 Å². The van der Waals surface area contributed by atoms with Gasteiger partial charge < -0.3 is 19.1 Å². The molecule has 24 heavy (non-hydrogen) atoms. The number of rotatable bonds is 5. The van der Waals surface area contributed by atoms with E-state index >= 15 is 0 Å². The molecule has 1 aromatic rings. The highest BCUT2D eigenvalue weighted by Crippen LogP contribution is 2.34. The maximum absolute atomic E-state index is 12.5. The van der Waals surface area contributed by atoms with Gasteiger partial charge in [-0.2, -0.15) is 5.26 Å². The molecular formula is C17H19IN2O4. The predicted octanol–water partition coefficient (Wildman–Crippen LogP) is 2.46. The fourth-order valence-corrected chi connectivity index (χ4v) is 3.22. The van der Waals surface area contributed by atoms with Crippen molar-refractivity contribution in [3.63, 3.8) is 0 Å². The van der Waals surface area contributed by atoms with Crippen molar-refractivity contribution in [1.82, 2.24) is 4.90 Å². The third-order valence-electron chi connectivity index (χ3n) is 3.50. The zero-order valence-corrected chi connectivity index (χ0v) is 15.8. The largest absolute Gasteiger partial charge is 0.492 e. The summed E-state index contributed by atoms with van der Waals surface area (Å²) in [6, 6.07) is 5.63. The van der Waals surface area contributed by atoms with Crippen LogP contribution in [0.3, 0.4) is 0 Å². The van der Waals surface area contributed by atoms with Crippen LogP contribution in [-0.4, -0.2) is 50.8 Å². The maximum Gasteiger partial charge on any atom is 0.264 e. The molecule has 128 valence electrons. The fraction of sp³-hybridized carbons (Fsp3) is 0.412. The minimum atomic E-state index is -0.274. The van der Waals surface area contributed by atoms with Crippen LogP contribution in [0.5, 0.6) is 11.5 Å². The number of nitriles is 1. The molecule has 0 aliphatic carbocycles. The van der Waals surface area contributed by atoms with Crippen LogP contribution < -0.4 is 9.47 Å². The Kier molecular flexibility index (Phi) is 6.87. The third kappa shape index (κ3) is 4.39. The molecule has 0 saturated carbocycles. The first kappa shape index (κ1) is 18.5. The summed E-state index contributed by atoms with van der Waals surface area (Å²) in [7, 11) is 1.58. The number of halogens is 1. The fourth-order valence-electron chi connectivity index (χ4n) is 2.38. The second kappa shape index (κ2) is 8.89. The van der Waals surface area contributed by atoms with Gasteiger partial charge in [-0.3, -0.25) is 4.79 Å². The van der Waals surface area contributed by atoms with Gasteiger partial charge in [0.1, 0.15) is 11.6 Å². The predicted molar refractivity (Wildman–Crippen MR) is 97.9 cm³/mol. The van der Waals surface area contributed by atoms with Crippen LogP contribution in [0, 0.1) is 14.9 Å². The highest BCUT2D eigenvalue weighted by atomic mass is 127. The number of ether oxygens (including phenoxy) is 3. The average Bonchev–Trinajstić information content (AvgIpc) is 2.60. The van der Waals surface area contributed by atoms with Crippen molar-refractivity contribution >= 4 is 34.6 Å². The molecule has 0 aromatic heterocycles. The van der Waals surface area contributed by atoms with E-state index in [1.807, 2.05) is 19.1 Å². The van der Waals surface area contributed by atoms with Crippen molar-refractivity contribution in [3.05, 3.63) is 26.8 Å². The van der Waals surface area contributed by atoms with Crippen LogP contribution in [0.2, 0.25) is 0 Å². The summed E-state index contributed by atoms with van der Waals surface area (Å²) in [5.74, 6) is 0.964. The molecule has 1 fully saturated rings. The highest BCUT2D eigenvalue weighted by molar-refractivity contribution is 14.1. The lowest BCUT2D eigenvalue weighted by Crippen LogP contribution is -2.41. The molecule has 0 N–H and O–H groups in total. The van der Waals surface area contributed by atoms with E-state index in [0.717, 1.165) is 9.13 Å². The van der Waals surface area contributed by atoms with Crippen LogP contribution in [0.4, 0.5) is 0 Å². The standard InChI is InChI=1S/C17H19IN2O4/c1-3-24-15-10-12(9-14(18)16(15)22-2)8-13(11-19)17(21)20-4-6-23-7-5-20/h8-10H,3-7H2,1-2H3/b13-8+. The van der Waals surface area contributed by atoms with Gasteiger partial charge in [-0.15, -0.1) is 0 Å². The Morgan fingerprint density at radius 3 is 2.75 bits per heavy atom. The SMILES string of the molecule is CCOc1cc(/C=C(\C#N)C(=O)N2CCOCC2)cc(I)c1OC. The third-order valence-corrected chi connectivity index (χ3v) is 4.30. The lowest BCUT2D eigenvalue weighted by molar-refractivity contribution is -0.130. The molecule has 1 heterocycles. The number of amides is 1. The van der Waals surface area contributed by atoms with Crippen LogP contribution in [0.1, 0.15) is 12.5 Å². The van der Waals surface area contributed by atoms with E-state index in [0.29, 0.717) is 44.4 Å². The summed E-state index contributed by atoms with van der Waals surface area (Å²) in [6.07, 6.45) is 1.59. The zero-order chi connectivity index (χ0) is 17.5. The van der Waals surface area contributed by atoms with E-state index in [1.165, 1.54) is 0 Å². The molecule has 0 unspecified atom stereocenters. The Balaban J connectivity index is 2.33. The molecule has 6 nitrogen and oxygen atoms in total. The second-order valence-electron chi connectivity index (χ2n) is 5.04. The van der Waals surface area contributed by atoms with Crippen molar-refractivity contribution in [2.24, 2.45) is 0 Å². The molecular weight excluding hydrogens is 423 g/mol. The van der Waals surface area contributed by atoms with E-state index in [4.69, 9.17) is 14.2 Å². The summed E-state index contributed by atoms with van der Waals surface area (Å²) < 4.78 is 17.0. The number of morpholine rings is 1. The highest BCUT2D eigenvalue weighted by Gasteiger charge is 2.21. The summed E-state index contributed by atoms with van der Waals surface area (Å²) in [4.78, 5) is 14.1. The van der Waals surface area contributed by atoms with Gasteiger partial charge in [0.2, 0.25) is 0 Å². The van der Waals surface area contributed by atoms with E-state index in [1.54, 1.807) is 24.2 Å². The molecule has 7 heteroatoms. The lowest BCUT2D eigenvalue weighted by Gasteiger charge is -2.26. The Bertz CT molecular complexity index is 676. The molecule has 0 radical (unpaired) electrons. The molecule has 1 aromatic carbocycles. The van der Waals surface area contributed by atoms with E-state index in [9.17, 15) is 10.1 Å². The molecule has 2 rings (SSSR count). The quantitative estimate of drug-likeness (QED) is 0.398. The molecule has 1 aliphatic heterocycles. The minimum Gasteiger partial charge on any atom is -0.492 e. The first-order chi connectivity index (χ1) is 11.6. The van der Waals surface area contributed by atoms with E-state index in [-0.39, 0.29) is 11.5 Å². The van der Waals surface area contributed by atoms with Crippen LogP contribution in [-0.2, 0) is 9.53 Å². The monoisotopic (exact) mass is 442 g/mol.